The first-order valence-electron chi connectivity index (χ1n) is 5.77. The van der Waals surface area contributed by atoms with Crippen LogP contribution in [0.15, 0.2) is 29.2 Å². The van der Waals surface area contributed by atoms with Crippen molar-refractivity contribution in [3.63, 3.8) is 0 Å². The SMILES string of the molecule is COC(C)CCOS(=O)(=O)c1ccccc1C(F)(F)F. The van der Waals surface area contributed by atoms with Gasteiger partial charge in [0, 0.05) is 7.11 Å². The lowest BCUT2D eigenvalue weighted by atomic mass is 10.2. The van der Waals surface area contributed by atoms with Crippen molar-refractivity contribution in [2.75, 3.05) is 13.7 Å². The van der Waals surface area contributed by atoms with Crippen LogP contribution in [0.5, 0.6) is 0 Å². The Morgan fingerprint density at radius 3 is 2.40 bits per heavy atom. The van der Waals surface area contributed by atoms with Crippen LogP contribution < -0.4 is 0 Å². The summed E-state index contributed by atoms with van der Waals surface area (Å²) < 4.78 is 71.4. The Kier molecular flexibility index (Phi) is 5.55. The summed E-state index contributed by atoms with van der Waals surface area (Å²) in [5.74, 6) is 0. The number of rotatable bonds is 6. The first-order chi connectivity index (χ1) is 9.18. The van der Waals surface area contributed by atoms with Gasteiger partial charge in [0.2, 0.25) is 0 Å². The predicted molar refractivity (Wildman–Crippen MR) is 65.7 cm³/mol. The molecule has 0 saturated carbocycles. The van der Waals surface area contributed by atoms with E-state index in [1.807, 2.05) is 0 Å². The van der Waals surface area contributed by atoms with E-state index in [1.54, 1.807) is 6.92 Å². The third-order valence-corrected chi connectivity index (χ3v) is 4.00. The summed E-state index contributed by atoms with van der Waals surface area (Å²) in [5, 5.41) is 0. The Bertz CT molecular complexity index is 540. The number of alkyl halides is 3. The van der Waals surface area contributed by atoms with E-state index in [0.717, 1.165) is 12.1 Å². The maximum Gasteiger partial charge on any atom is 0.417 e. The van der Waals surface area contributed by atoms with Crippen LogP contribution in [0.4, 0.5) is 13.2 Å². The summed E-state index contributed by atoms with van der Waals surface area (Å²) in [6, 6.07) is 3.91. The van der Waals surface area contributed by atoms with Gasteiger partial charge < -0.3 is 4.74 Å². The van der Waals surface area contributed by atoms with E-state index < -0.39 is 26.8 Å². The molecule has 1 rings (SSSR count). The standard InChI is InChI=1S/C12H15F3O4S/c1-9(18-2)7-8-19-20(16,17)11-6-4-3-5-10(11)12(13,14)15/h3-6,9H,7-8H2,1-2H3. The van der Waals surface area contributed by atoms with Crippen molar-refractivity contribution in [1.82, 2.24) is 0 Å². The fraction of sp³-hybridized carbons (Fsp3) is 0.500. The Balaban J connectivity index is 2.94. The largest absolute Gasteiger partial charge is 0.417 e. The smallest absolute Gasteiger partial charge is 0.382 e. The molecule has 0 aromatic heterocycles. The van der Waals surface area contributed by atoms with Crippen LogP contribution in [0.1, 0.15) is 18.9 Å². The quantitative estimate of drug-likeness (QED) is 0.758. The Labute approximate surface area is 115 Å². The van der Waals surface area contributed by atoms with Crippen molar-refractivity contribution in [2.24, 2.45) is 0 Å². The lowest BCUT2D eigenvalue weighted by molar-refractivity contribution is -0.140. The van der Waals surface area contributed by atoms with Gasteiger partial charge in [-0.3, -0.25) is 4.18 Å². The van der Waals surface area contributed by atoms with Gasteiger partial charge in [-0.2, -0.15) is 21.6 Å². The maximum atomic E-state index is 12.7. The zero-order valence-corrected chi connectivity index (χ0v) is 11.8. The summed E-state index contributed by atoms with van der Waals surface area (Å²) in [7, 11) is -3.01. The molecule has 0 fully saturated rings. The Hall–Kier alpha value is -1.12. The minimum atomic E-state index is -4.76. The Morgan fingerprint density at radius 2 is 1.85 bits per heavy atom. The van der Waals surface area contributed by atoms with Crippen molar-refractivity contribution < 1.29 is 30.5 Å². The second-order valence-electron chi connectivity index (χ2n) is 4.11. The van der Waals surface area contributed by atoms with Gasteiger partial charge in [0.15, 0.2) is 0 Å². The molecule has 1 aromatic rings. The highest BCUT2D eigenvalue weighted by Crippen LogP contribution is 2.34. The van der Waals surface area contributed by atoms with Crippen LogP contribution in [-0.4, -0.2) is 28.2 Å². The molecule has 1 aromatic carbocycles. The van der Waals surface area contributed by atoms with Gasteiger partial charge in [0.05, 0.1) is 18.3 Å². The molecule has 0 aliphatic rings. The number of hydrogen-bond acceptors (Lipinski definition) is 4. The molecule has 0 bridgehead atoms. The van der Waals surface area contributed by atoms with E-state index in [1.165, 1.54) is 13.2 Å². The highest BCUT2D eigenvalue weighted by Gasteiger charge is 2.37. The van der Waals surface area contributed by atoms with E-state index in [-0.39, 0.29) is 19.1 Å². The highest BCUT2D eigenvalue weighted by atomic mass is 32.2. The minimum absolute atomic E-state index is 0.246. The molecule has 1 unspecified atom stereocenters. The van der Waals surface area contributed by atoms with Gasteiger partial charge in [-0.25, -0.2) is 0 Å². The molecule has 20 heavy (non-hydrogen) atoms. The van der Waals surface area contributed by atoms with E-state index in [4.69, 9.17) is 4.74 Å². The van der Waals surface area contributed by atoms with Crippen LogP contribution >= 0.6 is 0 Å². The molecule has 0 spiro atoms. The molecule has 0 aliphatic heterocycles. The molecule has 1 atom stereocenters. The van der Waals surface area contributed by atoms with E-state index >= 15 is 0 Å². The third kappa shape index (κ3) is 4.46. The molecule has 8 heteroatoms. The summed E-state index contributed by atoms with van der Waals surface area (Å²) >= 11 is 0. The van der Waals surface area contributed by atoms with Gasteiger partial charge in [0.25, 0.3) is 10.1 Å². The van der Waals surface area contributed by atoms with Gasteiger partial charge in [-0.05, 0) is 25.5 Å². The second kappa shape index (κ2) is 6.55. The first-order valence-corrected chi connectivity index (χ1v) is 7.17. The van der Waals surface area contributed by atoms with Gasteiger partial charge >= 0.3 is 6.18 Å². The first kappa shape index (κ1) is 16.9. The van der Waals surface area contributed by atoms with E-state index in [0.29, 0.717) is 6.07 Å². The van der Waals surface area contributed by atoms with Gasteiger partial charge in [0.1, 0.15) is 4.90 Å². The molecule has 4 nitrogen and oxygen atoms in total. The summed E-state index contributed by atoms with van der Waals surface area (Å²) in [5.41, 5.74) is -1.24. The maximum absolute atomic E-state index is 12.7. The van der Waals surface area contributed by atoms with Crippen molar-refractivity contribution in [1.29, 1.82) is 0 Å². The fourth-order valence-electron chi connectivity index (χ4n) is 1.42. The summed E-state index contributed by atoms with van der Waals surface area (Å²) in [6.45, 7) is 1.45. The van der Waals surface area contributed by atoms with E-state index in [2.05, 4.69) is 4.18 Å². The minimum Gasteiger partial charge on any atom is -0.382 e. The zero-order chi connectivity index (χ0) is 15.4. The van der Waals surface area contributed by atoms with Crippen molar-refractivity contribution in [3.05, 3.63) is 29.8 Å². The van der Waals surface area contributed by atoms with Crippen LogP contribution in [0.25, 0.3) is 0 Å². The molecule has 0 saturated heterocycles. The Morgan fingerprint density at radius 1 is 1.25 bits per heavy atom. The average molecular weight is 312 g/mol. The monoisotopic (exact) mass is 312 g/mol. The molecular weight excluding hydrogens is 297 g/mol. The van der Waals surface area contributed by atoms with Crippen LogP contribution in [0.3, 0.4) is 0 Å². The molecule has 114 valence electrons. The van der Waals surface area contributed by atoms with Crippen LogP contribution in [0, 0.1) is 0 Å². The second-order valence-corrected chi connectivity index (χ2v) is 5.69. The van der Waals surface area contributed by atoms with Crippen molar-refractivity contribution in [2.45, 2.75) is 30.5 Å². The van der Waals surface area contributed by atoms with Gasteiger partial charge in [-0.15, -0.1) is 0 Å². The number of benzene rings is 1. The molecule has 0 aliphatic carbocycles. The van der Waals surface area contributed by atoms with Crippen LogP contribution in [-0.2, 0) is 25.2 Å². The lowest BCUT2D eigenvalue weighted by Gasteiger charge is -2.14. The summed E-state index contributed by atoms with van der Waals surface area (Å²) in [4.78, 5) is -0.877. The normalized spacial score (nSPS) is 14.2. The molecule has 0 heterocycles. The summed E-state index contributed by atoms with van der Waals surface area (Å²) in [6.07, 6.45) is -4.75. The highest BCUT2D eigenvalue weighted by molar-refractivity contribution is 7.86. The lowest BCUT2D eigenvalue weighted by Crippen LogP contribution is -2.17. The molecule has 0 amide bonds. The number of halogens is 3. The molecule has 0 N–H and O–H groups in total. The third-order valence-electron chi connectivity index (χ3n) is 2.63. The van der Waals surface area contributed by atoms with Crippen molar-refractivity contribution >= 4 is 10.1 Å². The predicted octanol–water partition coefficient (Wildman–Crippen LogP) is 2.84. The van der Waals surface area contributed by atoms with Gasteiger partial charge in [-0.1, -0.05) is 12.1 Å². The topological polar surface area (TPSA) is 52.6 Å². The van der Waals surface area contributed by atoms with Crippen LogP contribution in [0.2, 0.25) is 0 Å². The van der Waals surface area contributed by atoms with Crippen molar-refractivity contribution in [3.8, 4) is 0 Å². The molecule has 0 radical (unpaired) electrons. The van der Waals surface area contributed by atoms with E-state index in [9.17, 15) is 21.6 Å². The molecular formula is C12H15F3O4S. The average Bonchev–Trinajstić information content (AvgIpc) is 2.37. The zero-order valence-electron chi connectivity index (χ0n) is 11.0. The fourth-order valence-corrected chi connectivity index (χ4v) is 2.56. The number of hydrogen-bond donors (Lipinski definition) is 0. The number of methoxy groups -OCH3 is 1. The number of ether oxygens (including phenoxy) is 1.